The van der Waals surface area contributed by atoms with Crippen molar-refractivity contribution in [3.05, 3.63) is 15.9 Å². The normalized spacial score (nSPS) is 20.9. The standard InChI is InChI=1S/C13H23BrN4O/c1-3-18-12(13(14)9(2)17-18)7-11(16-15)6-10-4-5-19-8-10/h10-11,16H,3-8,15H2,1-2H3. The molecule has 1 aromatic heterocycles. The number of hydrogen-bond acceptors (Lipinski definition) is 4. The molecular formula is C13H23BrN4O. The summed E-state index contributed by atoms with van der Waals surface area (Å²) in [5, 5.41) is 4.52. The molecule has 2 heterocycles. The first-order chi connectivity index (χ1) is 9.15. The van der Waals surface area contributed by atoms with Crippen LogP contribution >= 0.6 is 15.9 Å². The van der Waals surface area contributed by atoms with E-state index in [1.165, 1.54) is 5.69 Å². The van der Waals surface area contributed by atoms with Crippen molar-refractivity contribution in [2.24, 2.45) is 11.8 Å². The van der Waals surface area contributed by atoms with Gasteiger partial charge in [0.05, 0.1) is 15.9 Å². The number of ether oxygens (including phenoxy) is 1. The second kappa shape index (κ2) is 6.83. The first-order valence-corrected chi connectivity index (χ1v) is 7.70. The Kier molecular flexibility index (Phi) is 5.38. The summed E-state index contributed by atoms with van der Waals surface area (Å²) in [4.78, 5) is 0. The van der Waals surface area contributed by atoms with Crippen molar-refractivity contribution in [2.45, 2.75) is 45.7 Å². The lowest BCUT2D eigenvalue weighted by atomic mass is 9.96. The van der Waals surface area contributed by atoms with Crippen molar-refractivity contribution in [3.8, 4) is 0 Å². The third kappa shape index (κ3) is 3.56. The van der Waals surface area contributed by atoms with E-state index in [0.717, 1.165) is 49.2 Å². The van der Waals surface area contributed by atoms with Crippen LogP contribution in [0.1, 0.15) is 31.2 Å². The molecule has 6 heteroatoms. The van der Waals surface area contributed by atoms with E-state index in [2.05, 4.69) is 38.1 Å². The van der Waals surface area contributed by atoms with Crippen LogP contribution < -0.4 is 11.3 Å². The fourth-order valence-corrected chi connectivity index (χ4v) is 3.13. The van der Waals surface area contributed by atoms with Crippen molar-refractivity contribution in [1.29, 1.82) is 0 Å². The van der Waals surface area contributed by atoms with Crippen LogP contribution in [0.25, 0.3) is 0 Å². The maximum atomic E-state index is 5.71. The predicted octanol–water partition coefficient (Wildman–Crippen LogP) is 1.77. The largest absolute Gasteiger partial charge is 0.381 e. The van der Waals surface area contributed by atoms with Gasteiger partial charge in [0, 0.05) is 32.2 Å². The van der Waals surface area contributed by atoms with Crippen molar-refractivity contribution in [1.82, 2.24) is 15.2 Å². The summed E-state index contributed by atoms with van der Waals surface area (Å²) in [6.07, 6.45) is 3.09. The average molecular weight is 331 g/mol. The van der Waals surface area contributed by atoms with E-state index >= 15 is 0 Å². The molecule has 5 nitrogen and oxygen atoms in total. The molecule has 1 aliphatic rings. The van der Waals surface area contributed by atoms with E-state index in [9.17, 15) is 0 Å². The molecule has 19 heavy (non-hydrogen) atoms. The fourth-order valence-electron chi connectivity index (χ4n) is 2.68. The van der Waals surface area contributed by atoms with Gasteiger partial charge in [-0.2, -0.15) is 5.10 Å². The Balaban J connectivity index is 2.04. The quantitative estimate of drug-likeness (QED) is 0.616. The summed E-state index contributed by atoms with van der Waals surface area (Å²) >= 11 is 3.64. The second-order valence-corrected chi connectivity index (χ2v) is 5.99. The van der Waals surface area contributed by atoms with Gasteiger partial charge in [-0.1, -0.05) is 0 Å². The van der Waals surface area contributed by atoms with Gasteiger partial charge in [0.1, 0.15) is 0 Å². The first-order valence-electron chi connectivity index (χ1n) is 6.91. The minimum absolute atomic E-state index is 0.268. The first kappa shape index (κ1) is 15.0. The Bertz CT molecular complexity index is 415. The van der Waals surface area contributed by atoms with Crippen LogP contribution in [-0.2, 0) is 17.7 Å². The minimum atomic E-state index is 0.268. The van der Waals surface area contributed by atoms with Crippen LogP contribution in [-0.4, -0.2) is 29.0 Å². The Labute approximate surface area is 123 Å². The Morgan fingerprint density at radius 3 is 3.00 bits per heavy atom. The number of aromatic nitrogens is 2. The monoisotopic (exact) mass is 330 g/mol. The van der Waals surface area contributed by atoms with E-state index in [-0.39, 0.29) is 6.04 Å². The third-order valence-electron chi connectivity index (χ3n) is 3.77. The van der Waals surface area contributed by atoms with Gasteiger partial charge in [-0.15, -0.1) is 0 Å². The molecule has 2 unspecified atom stereocenters. The van der Waals surface area contributed by atoms with Gasteiger partial charge in [0.25, 0.3) is 0 Å². The third-order valence-corrected chi connectivity index (χ3v) is 4.80. The zero-order valence-electron chi connectivity index (χ0n) is 11.7. The maximum absolute atomic E-state index is 5.71. The molecule has 1 fully saturated rings. The van der Waals surface area contributed by atoms with Crippen molar-refractivity contribution in [2.75, 3.05) is 13.2 Å². The Hall–Kier alpha value is -0.430. The molecule has 0 saturated carbocycles. The molecule has 1 aromatic rings. The van der Waals surface area contributed by atoms with Crippen LogP contribution in [0, 0.1) is 12.8 Å². The lowest BCUT2D eigenvalue weighted by Crippen LogP contribution is -2.39. The van der Waals surface area contributed by atoms with E-state index in [1.54, 1.807) is 0 Å². The maximum Gasteiger partial charge on any atom is 0.0738 e. The highest BCUT2D eigenvalue weighted by atomic mass is 79.9. The number of rotatable bonds is 6. The number of hydrogen-bond donors (Lipinski definition) is 2. The highest BCUT2D eigenvalue weighted by Crippen LogP contribution is 2.25. The van der Waals surface area contributed by atoms with Crippen molar-refractivity contribution < 1.29 is 4.74 Å². The molecule has 0 amide bonds. The Morgan fingerprint density at radius 1 is 1.63 bits per heavy atom. The van der Waals surface area contributed by atoms with E-state index in [4.69, 9.17) is 10.6 Å². The van der Waals surface area contributed by atoms with Crippen LogP contribution in [0.4, 0.5) is 0 Å². The SMILES string of the molecule is CCn1nc(C)c(Br)c1CC(CC1CCOC1)NN. The summed E-state index contributed by atoms with van der Waals surface area (Å²) < 4.78 is 8.59. The minimum Gasteiger partial charge on any atom is -0.381 e. The number of nitrogens with zero attached hydrogens (tertiary/aromatic N) is 2. The molecule has 1 aliphatic heterocycles. The van der Waals surface area contributed by atoms with Crippen LogP contribution in [0.2, 0.25) is 0 Å². The zero-order chi connectivity index (χ0) is 13.8. The number of nitrogens with two attached hydrogens (primary N) is 1. The number of halogens is 1. The molecule has 2 rings (SSSR count). The zero-order valence-corrected chi connectivity index (χ0v) is 13.2. The smallest absolute Gasteiger partial charge is 0.0738 e. The van der Waals surface area contributed by atoms with E-state index in [0.29, 0.717) is 5.92 Å². The number of hydrazine groups is 1. The molecule has 0 aromatic carbocycles. The average Bonchev–Trinajstić information content (AvgIpc) is 3.01. The number of nitrogens with one attached hydrogen (secondary N) is 1. The van der Waals surface area contributed by atoms with E-state index < -0.39 is 0 Å². The van der Waals surface area contributed by atoms with Gasteiger partial charge in [0.2, 0.25) is 0 Å². The summed E-state index contributed by atoms with van der Waals surface area (Å²) in [5.74, 6) is 6.34. The molecule has 0 radical (unpaired) electrons. The molecule has 0 aliphatic carbocycles. The van der Waals surface area contributed by atoms with Crippen molar-refractivity contribution in [3.63, 3.8) is 0 Å². The molecule has 0 spiro atoms. The summed E-state index contributed by atoms with van der Waals surface area (Å²) in [5.41, 5.74) is 5.21. The van der Waals surface area contributed by atoms with Gasteiger partial charge in [-0.05, 0) is 48.5 Å². The summed E-state index contributed by atoms with van der Waals surface area (Å²) in [7, 11) is 0. The van der Waals surface area contributed by atoms with Crippen molar-refractivity contribution >= 4 is 15.9 Å². The van der Waals surface area contributed by atoms with E-state index in [1.807, 2.05) is 6.92 Å². The highest BCUT2D eigenvalue weighted by molar-refractivity contribution is 9.10. The molecule has 3 N–H and O–H groups in total. The molecule has 108 valence electrons. The van der Waals surface area contributed by atoms with Gasteiger partial charge in [0.15, 0.2) is 0 Å². The summed E-state index contributed by atoms with van der Waals surface area (Å²) in [6, 6.07) is 0.268. The van der Waals surface area contributed by atoms with Crippen LogP contribution in [0.3, 0.4) is 0 Å². The fraction of sp³-hybridized carbons (Fsp3) is 0.769. The van der Waals surface area contributed by atoms with Gasteiger partial charge >= 0.3 is 0 Å². The molecule has 0 bridgehead atoms. The molecule has 2 atom stereocenters. The Morgan fingerprint density at radius 2 is 2.42 bits per heavy atom. The highest BCUT2D eigenvalue weighted by Gasteiger charge is 2.23. The second-order valence-electron chi connectivity index (χ2n) is 5.19. The summed E-state index contributed by atoms with van der Waals surface area (Å²) in [6.45, 7) is 6.77. The van der Waals surface area contributed by atoms with Gasteiger partial charge < -0.3 is 4.74 Å². The van der Waals surface area contributed by atoms with Gasteiger partial charge in [-0.25, -0.2) is 0 Å². The predicted molar refractivity (Wildman–Crippen MR) is 78.7 cm³/mol. The molecular weight excluding hydrogens is 308 g/mol. The number of aryl methyl sites for hydroxylation is 2. The van der Waals surface area contributed by atoms with Crippen LogP contribution in [0.15, 0.2) is 4.47 Å². The molecule has 1 saturated heterocycles. The topological polar surface area (TPSA) is 65.1 Å². The lowest BCUT2D eigenvalue weighted by molar-refractivity contribution is 0.181. The lowest BCUT2D eigenvalue weighted by Gasteiger charge is -2.19. The van der Waals surface area contributed by atoms with Crippen LogP contribution in [0.5, 0.6) is 0 Å². The van der Waals surface area contributed by atoms with Gasteiger partial charge in [-0.3, -0.25) is 16.0 Å².